The van der Waals surface area contributed by atoms with E-state index in [1.165, 1.54) is 0 Å². The van der Waals surface area contributed by atoms with Crippen molar-refractivity contribution in [1.29, 1.82) is 0 Å². The van der Waals surface area contributed by atoms with Crippen LogP contribution in [0.1, 0.15) is 33.1 Å². The van der Waals surface area contributed by atoms with E-state index in [-0.39, 0.29) is 5.41 Å². The zero-order valence-corrected chi connectivity index (χ0v) is 12.0. The number of hydrogen-bond donors (Lipinski definition) is 1. The number of carbonyl (C=O) groups is 1. The van der Waals surface area contributed by atoms with Crippen molar-refractivity contribution < 1.29 is 4.79 Å². The lowest BCUT2D eigenvalue weighted by atomic mass is 9.87. The summed E-state index contributed by atoms with van der Waals surface area (Å²) >= 11 is 0. The van der Waals surface area contributed by atoms with Crippen molar-refractivity contribution in [3.05, 3.63) is 0 Å². The summed E-state index contributed by atoms with van der Waals surface area (Å²) in [5, 5.41) is 3.31. The molecular weight excluding hydrogens is 226 g/mol. The molecule has 4 nitrogen and oxygen atoms in total. The highest BCUT2D eigenvalue weighted by atomic mass is 16.2. The molecule has 2 rings (SSSR count). The van der Waals surface area contributed by atoms with Gasteiger partial charge in [0.15, 0.2) is 0 Å². The van der Waals surface area contributed by atoms with E-state index in [0.29, 0.717) is 11.9 Å². The van der Waals surface area contributed by atoms with E-state index in [0.717, 1.165) is 52.0 Å². The lowest BCUT2D eigenvalue weighted by Gasteiger charge is -2.39. The van der Waals surface area contributed by atoms with Gasteiger partial charge < -0.3 is 15.1 Å². The Hall–Kier alpha value is -0.610. The van der Waals surface area contributed by atoms with Gasteiger partial charge in [-0.15, -0.1) is 0 Å². The van der Waals surface area contributed by atoms with Crippen LogP contribution in [0.15, 0.2) is 0 Å². The minimum Gasteiger partial charge on any atom is -0.342 e. The maximum absolute atomic E-state index is 12.6. The monoisotopic (exact) mass is 253 g/mol. The van der Waals surface area contributed by atoms with Crippen LogP contribution in [0.25, 0.3) is 0 Å². The first kappa shape index (κ1) is 13.8. The molecule has 104 valence electrons. The van der Waals surface area contributed by atoms with Crippen LogP contribution in [-0.2, 0) is 4.79 Å². The summed E-state index contributed by atoms with van der Waals surface area (Å²) < 4.78 is 0. The fourth-order valence-corrected chi connectivity index (χ4v) is 3.21. The molecule has 2 aliphatic rings. The topological polar surface area (TPSA) is 35.6 Å². The lowest BCUT2D eigenvalue weighted by molar-refractivity contribution is -0.141. The van der Waals surface area contributed by atoms with E-state index < -0.39 is 0 Å². The number of likely N-dealkylation sites (tertiary alicyclic amines) is 1. The van der Waals surface area contributed by atoms with Crippen molar-refractivity contribution in [2.75, 3.05) is 39.8 Å². The van der Waals surface area contributed by atoms with E-state index in [1.807, 2.05) is 11.9 Å². The molecule has 0 radical (unpaired) electrons. The van der Waals surface area contributed by atoms with E-state index >= 15 is 0 Å². The van der Waals surface area contributed by atoms with E-state index in [2.05, 4.69) is 24.1 Å². The van der Waals surface area contributed by atoms with Gasteiger partial charge in [-0.1, -0.05) is 6.92 Å². The van der Waals surface area contributed by atoms with Crippen LogP contribution >= 0.6 is 0 Å². The van der Waals surface area contributed by atoms with Gasteiger partial charge in [0.05, 0.1) is 5.41 Å². The van der Waals surface area contributed by atoms with Crippen molar-refractivity contribution in [2.45, 2.75) is 39.2 Å². The Kier molecular flexibility index (Phi) is 4.28. The molecule has 0 spiro atoms. The fourth-order valence-electron chi connectivity index (χ4n) is 3.21. The van der Waals surface area contributed by atoms with Gasteiger partial charge >= 0.3 is 0 Å². The van der Waals surface area contributed by atoms with Crippen LogP contribution in [0.4, 0.5) is 0 Å². The van der Waals surface area contributed by atoms with Crippen LogP contribution in [0.2, 0.25) is 0 Å². The van der Waals surface area contributed by atoms with Crippen LogP contribution in [0, 0.1) is 5.41 Å². The second-order valence-electron chi connectivity index (χ2n) is 6.07. The van der Waals surface area contributed by atoms with E-state index in [1.54, 1.807) is 0 Å². The maximum atomic E-state index is 12.6. The van der Waals surface area contributed by atoms with E-state index in [4.69, 9.17) is 0 Å². The molecular formula is C14H27N3O. The summed E-state index contributed by atoms with van der Waals surface area (Å²) in [5.74, 6) is 0.336. The van der Waals surface area contributed by atoms with E-state index in [9.17, 15) is 4.79 Å². The van der Waals surface area contributed by atoms with Crippen molar-refractivity contribution >= 4 is 5.91 Å². The van der Waals surface area contributed by atoms with Crippen molar-refractivity contribution in [3.8, 4) is 0 Å². The third-order valence-corrected chi connectivity index (χ3v) is 4.76. The predicted molar refractivity (Wildman–Crippen MR) is 73.5 cm³/mol. The summed E-state index contributed by atoms with van der Waals surface area (Å²) in [6.07, 6.45) is 3.23. The maximum Gasteiger partial charge on any atom is 0.229 e. The predicted octanol–water partition coefficient (Wildman–Crippen LogP) is 0.929. The fraction of sp³-hybridized carbons (Fsp3) is 0.929. The Morgan fingerprint density at radius 3 is 2.61 bits per heavy atom. The number of nitrogens with one attached hydrogen (secondary N) is 1. The zero-order chi connectivity index (χ0) is 13.2. The Labute approximate surface area is 111 Å². The number of hydrogen-bond acceptors (Lipinski definition) is 3. The van der Waals surface area contributed by atoms with Gasteiger partial charge in [-0.05, 0) is 39.3 Å². The number of nitrogens with zero attached hydrogens (tertiary/aromatic N) is 2. The average Bonchev–Trinajstić information content (AvgIpc) is 2.85. The molecule has 2 saturated heterocycles. The molecule has 18 heavy (non-hydrogen) atoms. The van der Waals surface area contributed by atoms with Gasteiger partial charge in [-0.25, -0.2) is 0 Å². The van der Waals surface area contributed by atoms with Gasteiger partial charge in [0.25, 0.3) is 0 Å². The summed E-state index contributed by atoms with van der Waals surface area (Å²) in [7, 11) is 2.00. The molecule has 0 aromatic rings. The Bertz CT molecular complexity index is 291. The molecule has 0 aliphatic carbocycles. The smallest absolute Gasteiger partial charge is 0.229 e. The highest BCUT2D eigenvalue weighted by Crippen LogP contribution is 2.29. The van der Waals surface area contributed by atoms with Gasteiger partial charge in [-0.2, -0.15) is 0 Å². The quantitative estimate of drug-likeness (QED) is 0.813. The minimum atomic E-state index is -0.170. The normalized spacial score (nSPS) is 30.6. The molecule has 1 unspecified atom stereocenters. The summed E-state index contributed by atoms with van der Waals surface area (Å²) in [6, 6.07) is 0.442. The Balaban J connectivity index is 1.91. The van der Waals surface area contributed by atoms with Gasteiger partial charge in [0, 0.05) is 32.7 Å². The van der Waals surface area contributed by atoms with Crippen LogP contribution in [-0.4, -0.2) is 61.5 Å². The van der Waals surface area contributed by atoms with Crippen molar-refractivity contribution in [1.82, 2.24) is 15.1 Å². The molecule has 4 heteroatoms. The molecule has 2 heterocycles. The van der Waals surface area contributed by atoms with Crippen LogP contribution in [0.3, 0.4) is 0 Å². The summed E-state index contributed by atoms with van der Waals surface area (Å²) in [4.78, 5) is 17.1. The zero-order valence-electron chi connectivity index (χ0n) is 12.0. The largest absolute Gasteiger partial charge is 0.342 e. The highest BCUT2D eigenvalue weighted by Gasteiger charge is 2.40. The van der Waals surface area contributed by atoms with Gasteiger partial charge in [0.2, 0.25) is 5.91 Å². The first-order chi connectivity index (χ1) is 8.57. The standard InChI is InChI=1S/C14H27N3O/c1-4-17-9-5-12(6-10-17)16(3)13(18)14(2)7-8-15-11-14/h12,15H,4-11H2,1-3H3. The third kappa shape index (κ3) is 2.69. The number of amides is 1. The molecule has 2 fully saturated rings. The van der Waals surface area contributed by atoms with Gasteiger partial charge in [0.1, 0.15) is 0 Å². The second kappa shape index (κ2) is 5.57. The second-order valence-corrected chi connectivity index (χ2v) is 6.07. The van der Waals surface area contributed by atoms with Gasteiger partial charge in [-0.3, -0.25) is 4.79 Å². The lowest BCUT2D eigenvalue weighted by Crippen LogP contribution is -2.50. The number of carbonyl (C=O) groups excluding carboxylic acids is 1. The van der Waals surface area contributed by atoms with Crippen molar-refractivity contribution in [2.24, 2.45) is 5.41 Å². The molecule has 0 saturated carbocycles. The molecule has 0 bridgehead atoms. The molecule has 2 aliphatic heterocycles. The number of rotatable bonds is 3. The summed E-state index contributed by atoms with van der Waals surface area (Å²) in [6.45, 7) is 9.52. The molecule has 1 N–H and O–H groups in total. The highest BCUT2D eigenvalue weighted by molar-refractivity contribution is 5.83. The Morgan fingerprint density at radius 2 is 2.11 bits per heavy atom. The molecule has 0 aromatic heterocycles. The SMILES string of the molecule is CCN1CCC(N(C)C(=O)C2(C)CCNC2)CC1. The van der Waals surface area contributed by atoms with Crippen LogP contribution < -0.4 is 5.32 Å². The molecule has 0 aromatic carbocycles. The first-order valence-electron chi connectivity index (χ1n) is 7.27. The number of piperidine rings is 1. The molecule has 1 amide bonds. The van der Waals surface area contributed by atoms with Crippen molar-refractivity contribution in [3.63, 3.8) is 0 Å². The third-order valence-electron chi connectivity index (χ3n) is 4.76. The van der Waals surface area contributed by atoms with Crippen LogP contribution in [0.5, 0.6) is 0 Å². The average molecular weight is 253 g/mol. The molecule has 1 atom stereocenters. The Morgan fingerprint density at radius 1 is 1.44 bits per heavy atom. The first-order valence-corrected chi connectivity index (χ1v) is 7.27. The summed E-state index contributed by atoms with van der Waals surface area (Å²) in [5.41, 5.74) is -0.170. The minimum absolute atomic E-state index is 0.170.